The number of benzene rings is 1. The van der Waals surface area contributed by atoms with Gasteiger partial charge in [0.25, 0.3) is 0 Å². The van der Waals surface area contributed by atoms with Crippen molar-refractivity contribution in [2.45, 2.75) is 27.7 Å². The standard InChI is InChI=1S/C16H18O4/c1-9-10(2)14(6-8-16(19)20)12(4)11(3)13(9)5-7-15(17)18/h5-8H,1-4H3,(H,17,18)(H,19,20)/b7-5+,8-6+. The monoisotopic (exact) mass is 274 g/mol. The Morgan fingerprint density at radius 2 is 0.950 bits per heavy atom. The third-order valence-electron chi connectivity index (χ3n) is 3.53. The summed E-state index contributed by atoms with van der Waals surface area (Å²) in [6, 6.07) is 0. The Morgan fingerprint density at radius 3 is 1.15 bits per heavy atom. The van der Waals surface area contributed by atoms with Crippen molar-refractivity contribution >= 4 is 24.1 Å². The van der Waals surface area contributed by atoms with Gasteiger partial charge in [-0.15, -0.1) is 0 Å². The zero-order valence-electron chi connectivity index (χ0n) is 12.0. The van der Waals surface area contributed by atoms with Gasteiger partial charge in [0.1, 0.15) is 0 Å². The van der Waals surface area contributed by atoms with Gasteiger partial charge >= 0.3 is 11.9 Å². The highest BCUT2D eigenvalue weighted by molar-refractivity contribution is 5.88. The second-order valence-corrected chi connectivity index (χ2v) is 4.67. The lowest BCUT2D eigenvalue weighted by molar-refractivity contribution is -0.132. The average Bonchev–Trinajstić information content (AvgIpc) is 2.35. The molecule has 0 bridgehead atoms. The molecule has 0 saturated heterocycles. The molecule has 0 heterocycles. The van der Waals surface area contributed by atoms with Gasteiger partial charge in [0.2, 0.25) is 0 Å². The van der Waals surface area contributed by atoms with E-state index in [9.17, 15) is 9.59 Å². The highest BCUT2D eigenvalue weighted by Crippen LogP contribution is 2.28. The second-order valence-electron chi connectivity index (χ2n) is 4.67. The van der Waals surface area contributed by atoms with Crippen LogP contribution in [-0.2, 0) is 9.59 Å². The van der Waals surface area contributed by atoms with E-state index in [1.807, 2.05) is 27.7 Å². The first kappa shape index (κ1) is 15.7. The summed E-state index contributed by atoms with van der Waals surface area (Å²) in [6.45, 7) is 7.62. The Morgan fingerprint density at radius 1 is 0.700 bits per heavy atom. The molecule has 0 fully saturated rings. The number of carboxylic acids is 2. The fourth-order valence-corrected chi connectivity index (χ4v) is 2.18. The van der Waals surface area contributed by atoms with Gasteiger partial charge in [-0.25, -0.2) is 9.59 Å². The summed E-state index contributed by atoms with van der Waals surface area (Å²) in [5.74, 6) is -1.98. The molecule has 0 aliphatic heterocycles. The second kappa shape index (κ2) is 6.19. The minimum absolute atomic E-state index is 0.870. The molecule has 1 aromatic rings. The Balaban J connectivity index is 3.49. The van der Waals surface area contributed by atoms with Gasteiger partial charge < -0.3 is 10.2 Å². The van der Waals surface area contributed by atoms with Crippen LogP contribution in [0.25, 0.3) is 12.2 Å². The summed E-state index contributed by atoms with van der Waals surface area (Å²) in [6.07, 6.45) is 5.39. The van der Waals surface area contributed by atoms with Crippen LogP contribution in [0.3, 0.4) is 0 Å². The molecule has 106 valence electrons. The Bertz CT molecular complexity index is 538. The van der Waals surface area contributed by atoms with Crippen LogP contribution in [0.5, 0.6) is 0 Å². The van der Waals surface area contributed by atoms with Gasteiger partial charge in [0, 0.05) is 12.2 Å². The van der Waals surface area contributed by atoms with Gasteiger partial charge in [0.15, 0.2) is 0 Å². The van der Waals surface area contributed by atoms with Crippen LogP contribution in [0.4, 0.5) is 0 Å². The zero-order valence-corrected chi connectivity index (χ0v) is 12.0. The average molecular weight is 274 g/mol. The number of aliphatic carboxylic acids is 2. The van der Waals surface area contributed by atoms with Crippen LogP contribution < -0.4 is 0 Å². The minimum Gasteiger partial charge on any atom is -0.478 e. The molecule has 1 rings (SSSR count). The molecule has 0 amide bonds. The van der Waals surface area contributed by atoms with Crippen molar-refractivity contribution in [2.24, 2.45) is 0 Å². The van der Waals surface area contributed by atoms with Crippen molar-refractivity contribution in [3.63, 3.8) is 0 Å². The molecule has 20 heavy (non-hydrogen) atoms. The first-order chi connectivity index (χ1) is 9.25. The maximum absolute atomic E-state index is 10.6. The summed E-state index contributed by atoms with van der Waals surface area (Å²) in [5, 5.41) is 17.5. The van der Waals surface area contributed by atoms with Crippen LogP contribution in [0.15, 0.2) is 12.2 Å². The summed E-state index contributed by atoms with van der Waals surface area (Å²) in [4.78, 5) is 21.3. The first-order valence-corrected chi connectivity index (χ1v) is 6.18. The van der Waals surface area contributed by atoms with E-state index in [1.54, 1.807) is 12.2 Å². The Labute approximate surface area is 118 Å². The lowest BCUT2D eigenvalue weighted by Gasteiger charge is -2.16. The molecular weight excluding hydrogens is 256 g/mol. The van der Waals surface area contributed by atoms with Crippen molar-refractivity contribution in [1.82, 2.24) is 0 Å². The molecule has 0 spiro atoms. The van der Waals surface area contributed by atoms with E-state index in [2.05, 4.69) is 0 Å². The SMILES string of the molecule is Cc1c(C)c(/C=C/C(=O)O)c(C)c(C)c1/C=C/C(=O)O. The van der Waals surface area contributed by atoms with Crippen molar-refractivity contribution < 1.29 is 19.8 Å². The quantitative estimate of drug-likeness (QED) is 0.827. The maximum Gasteiger partial charge on any atom is 0.328 e. The number of rotatable bonds is 4. The predicted octanol–water partition coefficient (Wildman–Crippen LogP) is 3.12. The number of carbonyl (C=O) groups is 2. The van der Waals surface area contributed by atoms with Gasteiger partial charge in [-0.1, -0.05) is 0 Å². The lowest BCUT2D eigenvalue weighted by atomic mass is 9.88. The fourth-order valence-electron chi connectivity index (χ4n) is 2.18. The zero-order chi connectivity index (χ0) is 15.4. The topological polar surface area (TPSA) is 74.6 Å². The summed E-state index contributed by atoms with van der Waals surface area (Å²) >= 11 is 0. The molecule has 0 unspecified atom stereocenters. The maximum atomic E-state index is 10.6. The predicted molar refractivity (Wildman–Crippen MR) is 78.7 cm³/mol. The molecule has 0 aromatic heterocycles. The van der Waals surface area contributed by atoms with Crippen LogP contribution in [0.1, 0.15) is 33.4 Å². The van der Waals surface area contributed by atoms with Gasteiger partial charge in [-0.05, 0) is 73.2 Å². The third-order valence-corrected chi connectivity index (χ3v) is 3.53. The van der Waals surface area contributed by atoms with Gasteiger partial charge in [-0.2, -0.15) is 0 Å². The van der Waals surface area contributed by atoms with Crippen molar-refractivity contribution in [3.05, 3.63) is 45.5 Å². The van der Waals surface area contributed by atoms with Crippen molar-refractivity contribution in [1.29, 1.82) is 0 Å². The fraction of sp³-hybridized carbons (Fsp3) is 0.250. The van der Waals surface area contributed by atoms with Gasteiger partial charge in [0.05, 0.1) is 0 Å². The van der Waals surface area contributed by atoms with Crippen LogP contribution in [0.2, 0.25) is 0 Å². The molecule has 1 aromatic carbocycles. The van der Waals surface area contributed by atoms with Crippen LogP contribution in [-0.4, -0.2) is 22.2 Å². The van der Waals surface area contributed by atoms with E-state index in [0.717, 1.165) is 45.5 Å². The largest absolute Gasteiger partial charge is 0.478 e. The molecule has 2 N–H and O–H groups in total. The highest BCUT2D eigenvalue weighted by atomic mass is 16.4. The molecular formula is C16H18O4. The third kappa shape index (κ3) is 3.35. The molecule has 4 nitrogen and oxygen atoms in total. The number of hydrogen-bond acceptors (Lipinski definition) is 2. The molecule has 0 saturated carbocycles. The smallest absolute Gasteiger partial charge is 0.328 e. The molecule has 0 aliphatic carbocycles. The molecule has 0 atom stereocenters. The van der Waals surface area contributed by atoms with Gasteiger partial charge in [-0.3, -0.25) is 0 Å². The van der Waals surface area contributed by atoms with Crippen molar-refractivity contribution in [3.8, 4) is 0 Å². The van der Waals surface area contributed by atoms with Crippen molar-refractivity contribution in [2.75, 3.05) is 0 Å². The van der Waals surface area contributed by atoms with Crippen LogP contribution in [0, 0.1) is 27.7 Å². The van der Waals surface area contributed by atoms with E-state index in [-0.39, 0.29) is 0 Å². The van der Waals surface area contributed by atoms with E-state index in [1.165, 1.54) is 0 Å². The summed E-state index contributed by atoms with van der Waals surface area (Å²) in [5.41, 5.74) is 5.56. The van der Waals surface area contributed by atoms with E-state index in [0.29, 0.717) is 0 Å². The highest BCUT2D eigenvalue weighted by Gasteiger charge is 2.11. The Kier molecular flexibility index (Phi) is 4.86. The molecule has 4 heteroatoms. The van der Waals surface area contributed by atoms with E-state index < -0.39 is 11.9 Å². The van der Waals surface area contributed by atoms with Crippen LogP contribution >= 0.6 is 0 Å². The number of hydrogen-bond donors (Lipinski definition) is 2. The molecule has 0 aliphatic rings. The summed E-state index contributed by atoms with van der Waals surface area (Å²) in [7, 11) is 0. The summed E-state index contributed by atoms with van der Waals surface area (Å²) < 4.78 is 0. The lowest BCUT2D eigenvalue weighted by Crippen LogP contribution is -2.00. The first-order valence-electron chi connectivity index (χ1n) is 6.18. The molecule has 0 radical (unpaired) electrons. The normalized spacial score (nSPS) is 11.4. The minimum atomic E-state index is -0.992. The van der Waals surface area contributed by atoms with E-state index in [4.69, 9.17) is 10.2 Å². The van der Waals surface area contributed by atoms with E-state index >= 15 is 0 Å². The Hall–Kier alpha value is -2.36. The number of carboxylic acid groups (broad SMARTS) is 2.